The van der Waals surface area contributed by atoms with Gasteiger partial charge in [0, 0.05) is 6.42 Å². The Morgan fingerprint density at radius 1 is 1.43 bits per heavy atom. The van der Waals surface area contributed by atoms with Crippen LogP contribution in [0.3, 0.4) is 0 Å². The number of hydrogen-bond acceptors (Lipinski definition) is 4. The predicted octanol–water partition coefficient (Wildman–Crippen LogP) is 2.26. The van der Waals surface area contributed by atoms with Crippen molar-refractivity contribution in [1.29, 1.82) is 0 Å². The Labute approximate surface area is 127 Å². The SMILES string of the molecule is CCOC(=O)C1(F)C2C(C(C)(C)C)CC(=O)C21O[SiH](C)C. The van der Waals surface area contributed by atoms with Crippen molar-refractivity contribution in [1.82, 2.24) is 0 Å². The number of carbonyl (C=O) groups is 2. The van der Waals surface area contributed by atoms with Crippen LogP contribution in [0.5, 0.6) is 0 Å². The van der Waals surface area contributed by atoms with Crippen LogP contribution < -0.4 is 0 Å². The fourth-order valence-corrected chi connectivity index (χ4v) is 4.96. The summed E-state index contributed by atoms with van der Waals surface area (Å²) in [7, 11) is -1.68. The van der Waals surface area contributed by atoms with Crippen molar-refractivity contribution in [3.8, 4) is 0 Å². The lowest BCUT2D eigenvalue weighted by Crippen LogP contribution is -2.43. The van der Waals surface area contributed by atoms with Crippen LogP contribution in [0.25, 0.3) is 0 Å². The van der Waals surface area contributed by atoms with Gasteiger partial charge in [-0.15, -0.1) is 0 Å². The highest BCUT2D eigenvalue weighted by Crippen LogP contribution is 2.72. The summed E-state index contributed by atoms with van der Waals surface area (Å²) in [6, 6.07) is 0. The van der Waals surface area contributed by atoms with Gasteiger partial charge in [-0.05, 0) is 31.4 Å². The second-order valence-corrected chi connectivity index (χ2v) is 9.75. The molecular formula is C15H25FO4Si. The summed E-state index contributed by atoms with van der Waals surface area (Å²) in [6.07, 6.45) is 0.278. The number of ketones is 1. The van der Waals surface area contributed by atoms with Crippen molar-refractivity contribution in [2.75, 3.05) is 6.61 Å². The molecule has 21 heavy (non-hydrogen) atoms. The van der Waals surface area contributed by atoms with Gasteiger partial charge in [-0.3, -0.25) is 4.79 Å². The lowest BCUT2D eigenvalue weighted by molar-refractivity contribution is -0.158. The fraction of sp³-hybridized carbons (Fsp3) is 0.867. The summed E-state index contributed by atoms with van der Waals surface area (Å²) in [5.41, 5.74) is -4.13. The van der Waals surface area contributed by atoms with Crippen molar-refractivity contribution in [3.05, 3.63) is 0 Å². The first kappa shape index (κ1) is 16.6. The van der Waals surface area contributed by atoms with E-state index < -0.39 is 32.2 Å². The largest absolute Gasteiger partial charge is 0.464 e. The van der Waals surface area contributed by atoms with E-state index in [1.54, 1.807) is 6.92 Å². The number of ether oxygens (including phenoxy) is 1. The number of esters is 1. The highest BCUT2D eigenvalue weighted by Gasteiger charge is 2.93. The van der Waals surface area contributed by atoms with E-state index in [0.29, 0.717) is 0 Å². The molecule has 0 N–H and O–H groups in total. The Balaban J connectivity index is 2.43. The Morgan fingerprint density at radius 3 is 2.43 bits per heavy atom. The molecule has 0 bridgehead atoms. The van der Waals surface area contributed by atoms with Crippen LogP contribution in [0, 0.1) is 17.3 Å². The van der Waals surface area contributed by atoms with Gasteiger partial charge in [-0.25, -0.2) is 9.18 Å². The summed E-state index contributed by atoms with van der Waals surface area (Å²) in [6.45, 7) is 11.4. The topological polar surface area (TPSA) is 52.6 Å². The van der Waals surface area contributed by atoms with E-state index in [9.17, 15) is 9.59 Å². The predicted molar refractivity (Wildman–Crippen MR) is 79.2 cm³/mol. The molecule has 6 heteroatoms. The van der Waals surface area contributed by atoms with Crippen molar-refractivity contribution in [2.24, 2.45) is 17.3 Å². The molecule has 2 aliphatic rings. The van der Waals surface area contributed by atoms with Crippen molar-refractivity contribution >= 4 is 20.8 Å². The maximum Gasteiger partial charge on any atom is 0.347 e. The number of rotatable bonds is 4. The zero-order chi connectivity index (χ0) is 16.2. The minimum atomic E-state index is -2.30. The van der Waals surface area contributed by atoms with Crippen LogP contribution in [-0.2, 0) is 18.8 Å². The third kappa shape index (κ3) is 2.10. The van der Waals surface area contributed by atoms with Gasteiger partial charge in [0.2, 0.25) is 5.67 Å². The molecule has 4 unspecified atom stereocenters. The molecule has 0 radical (unpaired) electrons. The molecule has 0 saturated heterocycles. The Hall–Kier alpha value is -0.753. The van der Waals surface area contributed by atoms with E-state index >= 15 is 4.39 Å². The van der Waals surface area contributed by atoms with Gasteiger partial charge in [0.15, 0.2) is 20.4 Å². The molecule has 0 aromatic carbocycles. The second-order valence-electron chi connectivity index (χ2n) is 7.41. The second kappa shape index (κ2) is 4.88. The highest BCUT2D eigenvalue weighted by molar-refractivity contribution is 6.49. The number of halogens is 1. The van der Waals surface area contributed by atoms with Crippen molar-refractivity contribution in [2.45, 2.75) is 58.5 Å². The molecule has 0 aromatic rings. The summed E-state index contributed by atoms with van der Waals surface area (Å²) in [5, 5.41) is 0. The Bertz CT molecular complexity index is 473. The molecule has 4 nitrogen and oxygen atoms in total. The number of Topliss-reactive ketones (excluding diaryl/α,β-unsaturated/α-hetero) is 1. The molecule has 0 amide bonds. The Kier molecular flexibility index (Phi) is 3.86. The van der Waals surface area contributed by atoms with E-state index in [-0.39, 0.29) is 30.1 Å². The maximum absolute atomic E-state index is 15.4. The van der Waals surface area contributed by atoms with Crippen LogP contribution in [0.2, 0.25) is 13.1 Å². The summed E-state index contributed by atoms with van der Waals surface area (Å²) >= 11 is 0. The molecule has 2 fully saturated rings. The quantitative estimate of drug-likeness (QED) is 0.590. The van der Waals surface area contributed by atoms with Gasteiger partial charge in [0.25, 0.3) is 0 Å². The average molecular weight is 316 g/mol. The zero-order valence-electron chi connectivity index (χ0n) is 13.7. The maximum atomic E-state index is 15.4. The number of fused-ring (bicyclic) bond motifs is 1. The Morgan fingerprint density at radius 2 is 2.00 bits per heavy atom. The van der Waals surface area contributed by atoms with Gasteiger partial charge in [0.05, 0.1) is 12.5 Å². The molecule has 2 aliphatic carbocycles. The molecular weight excluding hydrogens is 291 g/mol. The van der Waals surface area contributed by atoms with E-state index in [1.807, 2.05) is 33.9 Å². The summed E-state index contributed by atoms with van der Waals surface area (Å²) in [4.78, 5) is 24.6. The van der Waals surface area contributed by atoms with Crippen LogP contribution >= 0.6 is 0 Å². The van der Waals surface area contributed by atoms with Gasteiger partial charge in [-0.2, -0.15) is 0 Å². The van der Waals surface area contributed by atoms with E-state index in [2.05, 4.69) is 0 Å². The summed E-state index contributed by atoms with van der Waals surface area (Å²) < 4.78 is 26.1. The average Bonchev–Trinajstić information content (AvgIpc) is 2.68. The zero-order valence-corrected chi connectivity index (χ0v) is 14.8. The van der Waals surface area contributed by atoms with Crippen LogP contribution in [0.1, 0.15) is 34.1 Å². The summed E-state index contributed by atoms with van der Waals surface area (Å²) in [5.74, 6) is -2.12. The molecule has 2 saturated carbocycles. The van der Waals surface area contributed by atoms with Gasteiger partial charge >= 0.3 is 5.97 Å². The van der Waals surface area contributed by atoms with Crippen LogP contribution in [-0.4, -0.2) is 38.7 Å². The lowest BCUT2D eigenvalue weighted by atomic mass is 9.76. The third-order valence-corrected chi connectivity index (χ3v) is 5.50. The van der Waals surface area contributed by atoms with Gasteiger partial charge < -0.3 is 9.16 Å². The molecule has 0 spiro atoms. The van der Waals surface area contributed by atoms with E-state index in [0.717, 1.165) is 0 Å². The monoisotopic (exact) mass is 316 g/mol. The smallest absolute Gasteiger partial charge is 0.347 e. The first-order valence-electron chi connectivity index (χ1n) is 7.60. The van der Waals surface area contributed by atoms with E-state index in [1.165, 1.54) is 0 Å². The molecule has 120 valence electrons. The normalized spacial score (nSPS) is 38.6. The van der Waals surface area contributed by atoms with Crippen molar-refractivity contribution in [3.63, 3.8) is 0 Å². The molecule has 4 atom stereocenters. The highest BCUT2D eigenvalue weighted by atomic mass is 28.3. The van der Waals surface area contributed by atoms with E-state index in [4.69, 9.17) is 9.16 Å². The molecule has 0 heterocycles. The minimum Gasteiger partial charge on any atom is -0.464 e. The minimum absolute atomic E-state index is 0.0980. The van der Waals surface area contributed by atoms with Crippen LogP contribution in [0.4, 0.5) is 4.39 Å². The number of carbonyl (C=O) groups excluding carboxylic acids is 2. The lowest BCUT2D eigenvalue weighted by Gasteiger charge is -2.29. The number of hydrogen-bond donors (Lipinski definition) is 0. The van der Waals surface area contributed by atoms with Crippen molar-refractivity contribution < 1.29 is 23.1 Å². The van der Waals surface area contributed by atoms with Crippen LogP contribution in [0.15, 0.2) is 0 Å². The first-order valence-corrected chi connectivity index (χ1v) is 10.4. The number of alkyl halides is 1. The van der Waals surface area contributed by atoms with Gasteiger partial charge in [0.1, 0.15) is 0 Å². The molecule has 0 aliphatic heterocycles. The van der Waals surface area contributed by atoms with Gasteiger partial charge in [-0.1, -0.05) is 20.8 Å². The third-order valence-electron chi connectivity index (χ3n) is 4.65. The molecule has 0 aromatic heterocycles. The first-order chi connectivity index (χ1) is 9.53. The fourth-order valence-electron chi connectivity index (χ4n) is 3.76. The standard InChI is InChI=1S/C15H25FO4Si/c1-7-19-12(18)14(16)11-9(13(2,3)4)8-10(17)15(11,14)20-21(5)6/h9,11,21H,7-8H2,1-6H3. The molecule has 2 rings (SSSR count).